The van der Waals surface area contributed by atoms with E-state index in [0.717, 1.165) is 0 Å². The number of esters is 1. The Hall–Kier alpha value is -1.46. The summed E-state index contributed by atoms with van der Waals surface area (Å²) >= 11 is 0. The molecule has 1 rings (SSSR count). The summed E-state index contributed by atoms with van der Waals surface area (Å²) < 4.78 is 15.5. The van der Waals surface area contributed by atoms with Gasteiger partial charge in [0, 0.05) is 6.54 Å². The fourth-order valence-corrected chi connectivity index (χ4v) is 2.13. The number of amides is 1. The SMILES string of the molecule is CC(C)(C)OC(=O)N1CCCC1C(=O)OCCOCCON(O)O. The number of likely N-dealkylation sites (tertiary alicyclic amines) is 1. The van der Waals surface area contributed by atoms with Gasteiger partial charge in [0.05, 0.1) is 25.2 Å². The number of rotatable bonds is 8. The van der Waals surface area contributed by atoms with Crippen molar-refractivity contribution in [3.8, 4) is 0 Å². The Labute approximate surface area is 140 Å². The summed E-state index contributed by atoms with van der Waals surface area (Å²) in [6.07, 6.45) is 0.731. The standard InChI is InChI=1S/C14H26N2O8/c1-14(2,3)24-13(18)15-6-4-5-11(15)12(17)22-9-7-21-8-10-23-16(19)20/h11,19-20H,4-10H2,1-3H3. The minimum Gasteiger partial charge on any atom is -0.462 e. The quantitative estimate of drug-likeness (QED) is 0.375. The maximum absolute atomic E-state index is 12.1. The van der Waals surface area contributed by atoms with Crippen LogP contribution < -0.4 is 0 Å². The number of nitrogens with zero attached hydrogens (tertiary/aromatic N) is 2. The van der Waals surface area contributed by atoms with Crippen molar-refractivity contribution in [2.75, 3.05) is 33.0 Å². The second kappa shape index (κ2) is 9.74. The van der Waals surface area contributed by atoms with E-state index < -0.39 is 29.1 Å². The van der Waals surface area contributed by atoms with Crippen LogP contribution in [0.5, 0.6) is 0 Å². The molecular formula is C14H26N2O8. The first kappa shape index (κ1) is 20.6. The first-order valence-electron chi connectivity index (χ1n) is 7.75. The van der Waals surface area contributed by atoms with Gasteiger partial charge in [-0.3, -0.25) is 15.3 Å². The lowest BCUT2D eigenvalue weighted by Gasteiger charge is -2.27. The molecular weight excluding hydrogens is 324 g/mol. The molecule has 0 radical (unpaired) electrons. The zero-order valence-electron chi connectivity index (χ0n) is 14.3. The Morgan fingerprint density at radius 2 is 1.83 bits per heavy atom. The molecule has 0 aromatic heterocycles. The first-order chi connectivity index (χ1) is 11.2. The van der Waals surface area contributed by atoms with Crippen molar-refractivity contribution in [2.45, 2.75) is 45.3 Å². The highest BCUT2D eigenvalue weighted by atomic mass is 17.1. The highest BCUT2D eigenvalue weighted by molar-refractivity contribution is 5.82. The van der Waals surface area contributed by atoms with E-state index in [0.29, 0.717) is 19.4 Å². The zero-order chi connectivity index (χ0) is 18.2. The summed E-state index contributed by atoms with van der Waals surface area (Å²) in [7, 11) is 0. The molecule has 1 saturated heterocycles. The average Bonchev–Trinajstić information content (AvgIpc) is 2.93. The van der Waals surface area contributed by atoms with Crippen molar-refractivity contribution in [1.29, 1.82) is 0 Å². The maximum atomic E-state index is 12.1. The monoisotopic (exact) mass is 350 g/mol. The van der Waals surface area contributed by atoms with E-state index in [9.17, 15) is 9.59 Å². The van der Waals surface area contributed by atoms with E-state index in [-0.39, 0.29) is 26.4 Å². The van der Waals surface area contributed by atoms with Gasteiger partial charge in [-0.2, -0.15) is 0 Å². The minimum absolute atomic E-state index is 0.0272. The Kier molecular flexibility index (Phi) is 8.36. The van der Waals surface area contributed by atoms with Crippen molar-refractivity contribution in [1.82, 2.24) is 10.3 Å². The molecule has 10 nitrogen and oxygen atoms in total. The van der Waals surface area contributed by atoms with Crippen molar-refractivity contribution in [3.63, 3.8) is 0 Å². The summed E-state index contributed by atoms with van der Waals surface area (Å²) in [6.45, 7) is 5.96. The molecule has 0 bridgehead atoms. The van der Waals surface area contributed by atoms with Crippen LogP contribution in [0.2, 0.25) is 0 Å². The topological polar surface area (TPSA) is 118 Å². The summed E-state index contributed by atoms with van der Waals surface area (Å²) in [5, 5.41) is 16.2. The molecule has 0 aromatic carbocycles. The van der Waals surface area contributed by atoms with E-state index in [1.807, 2.05) is 0 Å². The fourth-order valence-electron chi connectivity index (χ4n) is 2.13. The molecule has 1 aliphatic heterocycles. The summed E-state index contributed by atoms with van der Waals surface area (Å²) in [5.74, 6) is -0.491. The van der Waals surface area contributed by atoms with Crippen LogP contribution in [0.1, 0.15) is 33.6 Å². The summed E-state index contributed by atoms with van der Waals surface area (Å²) in [6, 6.07) is -0.638. The molecule has 1 aliphatic rings. The average molecular weight is 350 g/mol. The van der Waals surface area contributed by atoms with Crippen molar-refractivity contribution < 1.29 is 39.1 Å². The molecule has 1 amide bonds. The lowest BCUT2D eigenvalue weighted by Crippen LogP contribution is -2.44. The number of hydrogen-bond donors (Lipinski definition) is 2. The molecule has 24 heavy (non-hydrogen) atoms. The highest BCUT2D eigenvalue weighted by Gasteiger charge is 2.37. The molecule has 0 aliphatic carbocycles. The maximum Gasteiger partial charge on any atom is 0.411 e. The predicted octanol–water partition coefficient (Wildman–Crippen LogP) is 0.958. The minimum atomic E-state index is -0.638. The van der Waals surface area contributed by atoms with Crippen molar-refractivity contribution >= 4 is 12.1 Å². The van der Waals surface area contributed by atoms with Gasteiger partial charge in [0.25, 0.3) is 0 Å². The van der Waals surface area contributed by atoms with Gasteiger partial charge in [0.2, 0.25) is 0 Å². The Morgan fingerprint density at radius 1 is 1.17 bits per heavy atom. The van der Waals surface area contributed by atoms with E-state index in [1.54, 1.807) is 20.8 Å². The van der Waals surface area contributed by atoms with E-state index in [4.69, 9.17) is 24.6 Å². The summed E-state index contributed by atoms with van der Waals surface area (Å²) in [5.41, 5.74) is -0.622. The van der Waals surface area contributed by atoms with Crippen LogP contribution in [-0.2, 0) is 23.8 Å². The van der Waals surface area contributed by atoms with Crippen molar-refractivity contribution in [2.24, 2.45) is 0 Å². The van der Waals surface area contributed by atoms with Gasteiger partial charge in [-0.15, -0.1) is 0 Å². The van der Waals surface area contributed by atoms with Crippen molar-refractivity contribution in [3.05, 3.63) is 0 Å². The van der Waals surface area contributed by atoms with E-state index in [2.05, 4.69) is 4.84 Å². The van der Waals surface area contributed by atoms with Crippen LogP contribution in [0, 0.1) is 0 Å². The van der Waals surface area contributed by atoms with Gasteiger partial charge >= 0.3 is 12.1 Å². The third kappa shape index (κ3) is 7.88. The smallest absolute Gasteiger partial charge is 0.411 e. The van der Waals surface area contributed by atoms with E-state index >= 15 is 0 Å². The molecule has 1 atom stereocenters. The Morgan fingerprint density at radius 3 is 2.46 bits per heavy atom. The second-order valence-corrected chi connectivity index (χ2v) is 6.20. The molecule has 2 N–H and O–H groups in total. The van der Waals surface area contributed by atoms with Gasteiger partial charge in [0.1, 0.15) is 18.2 Å². The molecule has 1 unspecified atom stereocenters. The van der Waals surface area contributed by atoms with Gasteiger partial charge < -0.3 is 14.2 Å². The van der Waals surface area contributed by atoms with Crippen LogP contribution >= 0.6 is 0 Å². The third-order valence-electron chi connectivity index (χ3n) is 3.06. The molecule has 0 aromatic rings. The third-order valence-corrected chi connectivity index (χ3v) is 3.06. The number of hydrogen-bond acceptors (Lipinski definition) is 9. The van der Waals surface area contributed by atoms with Gasteiger partial charge in [0.15, 0.2) is 0 Å². The molecule has 1 fully saturated rings. The molecule has 0 saturated carbocycles. The van der Waals surface area contributed by atoms with Crippen LogP contribution in [0.4, 0.5) is 4.79 Å². The number of ether oxygens (including phenoxy) is 3. The van der Waals surface area contributed by atoms with E-state index in [1.165, 1.54) is 4.90 Å². The fraction of sp³-hybridized carbons (Fsp3) is 0.857. The molecule has 1 heterocycles. The highest BCUT2D eigenvalue weighted by Crippen LogP contribution is 2.21. The van der Waals surface area contributed by atoms with Gasteiger partial charge in [-0.1, -0.05) is 0 Å². The second-order valence-electron chi connectivity index (χ2n) is 6.20. The van der Waals surface area contributed by atoms with Crippen LogP contribution in [0.3, 0.4) is 0 Å². The molecule has 0 spiro atoms. The largest absolute Gasteiger partial charge is 0.462 e. The van der Waals surface area contributed by atoms with Gasteiger partial charge in [-0.25, -0.2) is 14.4 Å². The lowest BCUT2D eigenvalue weighted by atomic mass is 10.2. The summed E-state index contributed by atoms with van der Waals surface area (Å²) in [4.78, 5) is 29.8. The Balaban J connectivity index is 2.27. The lowest BCUT2D eigenvalue weighted by molar-refractivity contribution is -0.493. The van der Waals surface area contributed by atoms with Crippen LogP contribution in [0.15, 0.2) is 0 Å². The molecule has 140 valence electrons. The zero-order valence-corrected chi connectivity index (χ0v) is 14.3. The first-order valence-corrected chi connectivity index (χ1v) is 7.75. The molecule has 10 heteroatoms. The Bertz CT molecular complexity index is 410. The van der Waals surface area contributed by atoms with Gasteiger partial charge in [-0.05, 0) is 33.6 Å². The van der Waals surface area contributed by atoms with Crippen LogP contribution in [0.25, 0.3) is 0 Å². The number of carbonyl (C=O) groups excluding carboxylic acids is 2. The normalized spacial score (nSPS) is 18.1. The number of carbonyl (C=O) groups is 2. The van der Waals surface area contributed by atoms with Crippen LogP contribution in [-0.4, -0.2) is 77.4 Å². The predicted molar refractivity (Wildman–Crippen MR) is 79.1 cm³/mol.